The Morgan fingerprint density at radius 1 is 1.22 bits per heavy atom. The minimum atomic E-state index is 0.0629. The summed E-state index contributed by atoms with van der Waals surface area (Å²) in [5, 5.41) is 0.965. The van der Waals surface area contributed by atoms with Gasteiger partial charge in [-0.05, 0) is 47.1 Å². The summed E-state index contributed by atoms with van der Waals surface area (Å²) < 4.78 is 6.48. The highest BCUT2D eigenvalue weighted by Gasteiger charge is 2.13. The van der Waals surface area contributed by atoms with Crippen LogP contribution in [0.2, 0.25) is 10.0 Å². The van der Waals surface area contributed by atoms with Gasteiger partial charge in [0.05, 0.1) is 10.0 Å². The molecule has 1 aromatic carbocycles. The third-order valence-electron chi connectivity index (χ3n) is 2.49. The Hall–Kier alpha value is -0.480. The zero-order chi connectivity index (χ0) is 13.3. The number of halogens is 3. The molecule has 1 atom stereocenters. The van der Waals surface area contributed by atoms with Gasteiger partial charge in [-0.25, -0.2) is 0 Å². The van der Waals surface area contributed by atoms with E-state index in [1.54, 1.807) is 0 Å². The average molecular weight is 349 g/mol. The van der Waals surface area contributed by atoms with Gasteiger partial charge in [-0.1, -0.05) is 23.2 Å². The maximum absolute atomic E-state index is 6.20. The van der Waals surface area contributed by atoms with Crippen molar-refractivity contribution in [3.8, 4) is 11.3 Å². The van der Waals surface area contributed by atoms with Crippen molar-refractivity contribution in [2.75, 3.05) is 0 Å². The summed E-state index contributed by atoms with van der Waals surface area (Å²) in [5.41, 5.74) is 6.51. The van der Waals surface area contributed by atoms with Gasteiger partial charge in [0.1, 0.15) is 11.5 Å². The molecule has 5 heteroatoms. The van der Waals surface area contributed by atoms with Crippen LogP contribution in [0.5, 0.6) is 0 Å². The van der Waals surface area contributed by atoms with Gasteiger partial charge in [0, 0.05) is 22.5 Å². The zero-order valence-electron chi connectivity index (χ0n) is 9.71. The van der Waals surface area contributed by atoms with Crippen molar-refractivity contribution in [2.45, 2.75) is 19.4 Å². The predicted octanol–water partition coefficient (Wildman–Crippen LogP) is 4.91. The fourth-order valence-corrected chi connectivity index (χ4v) is 2.53. The molecule has 2 rings (SSSR count). The molecule has 0 bridgehead atoms. The van der Waals surface area contributed by atoms with Crippen LogP contribution < -0.4 is 5.73 Å². The van der Waals surface area contributed by atoms with E-state index >= 15 is 0 Å². The van der Waals surface area contributed by atoms with Crippen molar-refractivity contribution < 1.29 is 4.42 Å². The Labute approximate surface area is 124 Å². The molecule has 96 valence electrons. The number of rotatable bonds is 3. The fraction of sp³-hybridized carbons (Fsp3) is 0.231. The van der Waals surface area contributed by atoms with Gasteiger partial charge in [0.25, 0.3) is 0 Å². The van der Waals surface area contributed by atoms with Crippen molar-refractivity contribution >= 4 is 39.1 Å². The first-order chi connectivity index (χ1) is 8.49. The molecule has 18 heavy (non-hydrogen) atoms. The first-order valence-corrected chi connectivity index (χ1v) is 7.02. The Morgan fingerprint density at radius 2 is 1.94 bits per heavy atom. The lowest BCUT2D eigenvalue weighted by atomic mass is 10.2. The Morgan fingerprint density at radius 3 is 2.61 bits per heavy atom. The van der Waals surface area contributed by atoms with Crippen LogP contribution in [0.1, 0.15) is 12.7 Å². The quantitative estimate of drug-likeness (QED) is 0.800. The Kier molecular flexibility index (Phi) is 4.38. The average Bonchev–Trinajstić information content (AvgIpc) is 2.73. The molecular weight excluding hydrogens is 337 g/mol. The highest BCUT2D eigenvalue weighted by Crippen LogP contribution is 2.38. The van der Waals surface area contributed by atoms with Crippen LogP contribution >= 0.6 is 39.1 Å². The van der Waals surface area contributed by atoms with E-state index in [-0.39, 0.29) is 6.04 Å². The van der Waals surface area contributed by atoms with Crippen molar-refractivity contribution in [3.05, 3.63) is 44.5 Å². The fourth-order valence-electron chi connectivity index (χ4n) is 1.67. The van der Waals surface area contributed by atoms with Gasteiger partial charge in [-0.3, -0.25) is 0 Å². The summed E-state index contributed by atoms with van der Waals surface area (Å²) in [7, 11) is 0. The summed E-state index contributed by atoms with van der Waals surface area (Å²) in [5.74, 6) is 1.54. The highest BCUT2D eigenvalue weighted by atomic mass is 79.9. The van der Waals surface area contributed by atoms with Crippen LogP contribution in [0.25, 0.3) is 11.3 Å². The molecule has 0 aliphatic carbocycles. The number of hydrogen-bond donors (Lipinski definition) is 1. The molecule has 0 radical (unpaired) electrons. The topological polar surface area (TPSA) is 39.2 Å². The van der Waals surface area contributed by atoms with Gasteiger partial charge in [0.2, 0.25) is 0 Å². The molecule has 0 saturated carbocycles. The van der Waals surface area contributed by atoms with Crippen LogP contribution in [-0.4, -0.2) is 6.04 Å². The standard InChI is InChI=1S/C13H12BrCl2NO/c1-7(17)6-8-2-5-11(18-8)9-3-4-10(14)13(16)12(9)15/h2-5,7H,6,17H2,1H3. The van der Waals surface area contributed by atoms with E-state index in [9.17, 15) is 0 Å². The summed E-state index contributed by atoms with van der Waals surface area (Å²) in [6.07, 6.45) is 0.696. The molecule has 0 aliphatic rings. The van der Waals surface area contributed by atoms with Gasteiger partial charge >= 0.3 is 0 Å². The molecular formula is C13H12BrCl2NO. The van der Waals surface area contributed by atoms with Crippen molar-refractivity contribution in [2.24, 2.45) is 5.73 Å². The predicted molar refractivity (Wildman–Crippen MR) is 79.2 cm³/mol. The van der Waals surface area contributed by atoms with E-state index in [1.807, 2.05) is 31.2 Å². The van der Waals surface area contributed by atoms with Gasteiger partial charge < -0.3 is 10.2 Å². The Balaban J connectivity index is 2.37. The first kappa shape index (κ1) is 13.9. The lowest BCUT2D eigenvalue weighted by molar-refractivity contribution is 0.503. The van der Waals surface area contributed by atoms with Crippen molar-refractivity contribution in [3.63, 3.8) is 0 Å². The van der Waals surface area contributed by atoms with Crippen molar-refractivity contribution in [1.29, 1.82) is 0 Å². The number of hydrogen-bond acceptors (Lipinski definition) is 2. The van der Waals surface area contributed by atoms with E-state index in [1.165, 1.54) is 0 Å². The molecule has 1 heterocycles. The van der Waals surface area contributed by atoms with Gasteiger partial charge in [-0.2, -0.15) is 0 Å². The number of nitrogens with two attached hydrogens (primary N) is 1. The molecule has 0 aliphatic heterocycles. The second-order valence-electron chi connectivity index (χ2n) is 4.17. The zero-order valence-corrected chi connectivity index (χ0v) is 12.8. The third-order valence-corrected chi connectivity index (χ3v) is 4.26. The lowest BCUT2D eigenvalue weighted by Crippen LogP contribution is -2.17. The molecule has 2 aromatic rings. The van der Waals surface area contributed by atoms with E-state index in [0.717, 1.165) is 15.8 Å². The van der Waals surface area contributed by atoms with Gasteiger partial charge in [0.15, 0.2) is 0 Å². The molecule has 1 aromatic heterocycles. The smallest absolute Gasteiger partial charge is 0.135 e. The molecule has 0 fully saturated rings. The minimum Gasteiger partial charge on any atom is -0.461 e. The summed E-state index contributed by atoms with van der Waals surface area (Å²) >= 11 is 15.6. The number of furan rings is 1. The Bertz CT molecular complexity index is 566. The van der Waals surface area contributed by atoms with E-state index in [2.05, 4.69) is 15.9 Å². The van der Waals surface area contributed by atoms with Crippen LogP contribution in [0.3, 0.4) is 0 Å². The normalized spacial score (nSPS) is 12.7. The third kappa shape index (κ3) is 2.91. The van der Waals surface area contributed by atoms with Crippen LogP contribution in [0.15, 0.2) is 33.2 Å². The summed E-state index contributed by atoms with van der Waals surface area (Å²) in [6, 6.07) is 7.56. The van der Waals surface area contributed by atoms with Gasteiger partial charge in [-0.15, -0.1) is 0 Å². The summed E-state index contributed by atoms with van der Waals surface area (Å²) in [6.45, 7) is 1.94. The van der Waals surface area contributed by atoms with E-state index < -0.39 is 0 Å². The minimum absolute atomic E-state index is 0.0629. The lowest BCUT2D eigenvalue weighted by Gasteiger charge is -2.05. The second kappa shape index (κ2) is 5.66. The highest BCUT2D eigenvalue weighted by molar-refractivity contribution is 9.10. The first-order valence-electron chi connectivity index (χ1n) is 5.47. The largest absolute Gasteiger partial charge is 0.461 e. The molecule has 0 amide bonds. The molecule has 2 N–H and O–H groups in total. The SMILES string of the molecule is CC(N)Cc1ccc(-c2ccc(Br)c(Cl)c2Cl)o1. The number of benzene rings is 1. The second-order valence-corrected chi connectivity index (χ2v) is 5.78. The molecule has 2 nitrogen and oxygen atoms in total. The van der Waals surface area contributed by atoms with Crippen molar-refractivity contribution in [1.82, 2.24) is 0 Å². The maximum atomic E-state index is 6.20. The molecule has 0 spiro atoms. The van der Waals surface area contributed by atoms with E-state index in [0.29, 0.717) is 22.2 Å². The maximum Gasteiger partial charge on any atom is 0.135 e. The van der Waals surface area contributed by atoms with Crippen LogP contribution in [0.4, 0.5) is 0 Å². The molecule has 0 saturated heterocycles. The van der Waals surface area contributed by atoms with Crippen LogP contribution in [-0.2, 0) is 6.42 Å². The van der Waals surface area contributed by atoms with Crippen LogP contribution in [0, 0.1) is 0 Å². The summed E-state index contributed by atoms with van der Waals surface area (Å²) in [4.78, 5) is 0. The molecule has 1 unspecified atom stereocenters. The van der Waals surface area contributed by atoms with E-state index in [4.69, 9.17) is 33.4 Å². The monoisotopic (exact) mass is 347 g/mol.